The second-order valence-corrected chi connectivity index (χ2v) is 6.83. The number of H-pyrrole nitrogens is 1. The lowest BCUT2D eigenvalue weighted by molar-refractivity contribution is 0.0599. The summed E-state index contributed by atoms with van der Waals surface area (Å²) < 4.78 is 9.91. The number of carbonyl (C=O) groups excluding carboxylic acids is 2. The van der Waals surface area contributed by atoms with Crippen LogP contribution in [0.3, 0.4) is 0 Å². The summed E-state index contributed by atoms with van der Waals surface area (Å²) in [5.74, 6) is 0.291. The minimum atomic E-state index is -0.434. The Hall–Kier alpha value is -2.21. The molecule has 2 rings (SSSR count). The lowest BCUT2D eigenvalue weighted by atomic mass is 10.1. The maximum atomic E-state index is 12.7. The third-order valence-electron chi connectivity index (χ3n) is 3.81. The van der Waals surface area contributed by atoms with Crippen molar-refractivity contribution in [3.63, 3.8) is 0 Å². The first-order valence-corrected chi connectivity index (χ1v) is 8.39. The number of aromatic amines is 1. The van der Waals surface area contributed by atoms with Crippen molar-refractivity contribution in [2.24, 2.45) is 0 Å². The minimum Gasteiger partial charge on any atom is -0.497 e. The number of thioether (sulfide) groups is 1. The van der Waals surface area contributed by atoms with Gasteiger partial charge in [-0.05, 0) is 50.6 Å². The zero-order chi connectivity index (χ0) is 17.9. The predicted molar refractivity (Wildman–Crippen MR) is 94.2 cm³/mol. The highest BCUT2D eigenvalue weighted by molar-refractivity contribution is 8.00. The van der Waals surface area contributed by atoms with Crippen LogP contribution in [0, 0.1) is 13.8 Å². The first-order chi connectivity index (χ1) is 11.4. The summed E-state index contributed by atoms with van der Waals surface area (Å²) in [5, 5.41) is -0.291. The Morgan fingerprint density at radius 1 is 1.12 bits per heavy atom. The molecule has 0 amide bonds. The van der Waals surface area contributed by atoms with Crippen LogP contribution < -0.4 is 4.74 Å². The average molecular weight is 347 g/mol. The fraction of sp³-hybridized carbons (Fsp3) is 0.333. The number of esters is 1. The normalized spacial score (nSPS) is 11.9. The number of nitrogens with one attached hydrogen (secondary N) is 1. The van der Waals surface area contributed by atoms with E-state index in [4.69, 9.17) is 9.47 Å². The van der Waals surface area contributed by atoms with Crippen LogP contribution in [0.15, 0.2) is 29.2 Å². The van der Waals surface area contributed by atoms with Crippen molar-refractivity contribution in [2.75, 3.05) is 14.2 Å². The molecule has 24 heavy (non-hydrogen) atoms. The van der Waals surface area contributed by atoms with Gasteiger partial charge >= 0.3 is 5.97 Å². The van der Waals surface area contributed by atoms with E-state index in [-0.39, 0.29) is 11.0 Å². The molecule has 0 fully saturated rings. The van der Waals surface area contributed by atoms with Crippen molar-refractivity contribution in [3.05, 3.63) is 46.8 Å². The molecule has 0 aliphatic rings. The Kier molecular flexibility index (Phi) is 5.72. The van der Waals surface area contributed by atoms with Gasteiger partial charge in [0.25, 0.3) is 0 Å². The van der Waals surface area contributed by atoms with Crippen molar-refractivity contribution < 1.29 is 19.1 Å². The lowest BCUT2D eigenvalue weighted by Gasteiger charge is -2.10. The Balaban J connectivity index is 2.20. The van der Waals surface area contributed by atoms with E-state index in [2.05, 4.69) is 4.98 Å². The van der Waals surface area contributed by atoms with Crippen molar-refractivity contribution in [3.8, 4) is 5.75 Å². The molecule has 5 nitrogen and oxygen atoms in total. The third-order valence-corrected chi connectivity index (χ3v) is 4.93. The van der Waals surface area contributed by atoms with Crippen LogP contribution in [0.1, 0.15) is 39.0 Å². The van der Waals surface area contributed by atoms with Gasteiger partial charge < -0.3 is 14.5 Å². The summed E-state index contributed by atoms with van der Waals surface area (Å²) in [6.07, 6.45) is 0. The van der Waals surface area contributed by atoms with E-state index in [0.717, 1.165) is 10.6 Å². The number of ketones is 1. The van der Waals surface area contributed by atoms with E-state index in [9.17, 15) is 9.59 Å². The van der Waals surface area contributed by atoms with Gasteiger partial charge in [-0.1, -0.05) is 0 Å². The highest BCUT2D eigenvalue weighted by Gasteiger charge is 2.25. The molecule has 1 heterocycles. The molecule has 128 valence electrons. The van der Waals surface area contributed by atoms with Gasteiger partial charge in [0.05, 0.1) is 30.7 Å². The maximum absolute atomic E-state index is 12.7. The highest BCUT2D eigenvalue weighted by atomic mass is 32.2. The number of Topliss-reactive ketones (excluding diaryl/α,β-unsaturated/α-hetero) is 1. The number of aromatic nitrogens is 1. The molecule has 1 N–H and O–H groups in total. The van der Waals surface area contributed by atoms with Crippen LogP contribution in [0.25, 0.3) is 0 Å². The fourth-order valence-electron chi connectivity index (χ4n) is 2.52. The van der Waals surface area contributed by atoms with Gasteiger partial charge in [0, 0.05) is 10.6 Å². The molecule has 1 atom stereocenters. The van der Waals surface area contributed by atoms with Gasteiger partial charge in [-0.3, -0.25) is 4.79 Å². The molecule has 0 bridgehead atoms. The SMILES string of the molecule is COC(=O)c1c(C)[nH]c(C(=O)[C@H](C)Sc2ccc(OC)cc2)c1C. The Morgan fingerprint density at radius 2 is 1.75 bits per heavy atom. The standard InChI is InChI=1S/C18H21NO4S/c1-10-15(18(21)23-5)11(2)19-16(10)17(20)12(3)24-14-8-6-13(22-4)7-9-14/h6-9,12,19H,1-5H3/t12-/m0/s1. The quantitative estimate of drug-likeness (QED) is 0.489. The molecule has 1 aromatic carbocycles. The second kappa shape index (κ2) is 7.57. The molecular weight excluding hydrogens is 326 g/mol. The molecule has 0 saturated heterocycles. The number of hydrogen-bond donors (Lipinski definition) is 1. The van der Waals surface area contributed by atoms with Crippen molar-refractivity contribution >= 4 is 23.5 Å². The van der Waals surface area contributed by atoms with Gasteiger partial charge in [-0.2, -0.15) is 0 Å². The van der Waals surface area contributed by atoms with E-state index < -0.39 is 5.97 Å². The number of rotatable bonds is 6. The molecule has 2 aromatic rings. The zero-order valence-electron chi connectivity index (χ0n) is 14.4. The number of methoxy groups -OCH3 is 2. The summed E-state index contributed by atoms with van der Waals surface area (Å²) in [7, 11) is 2.95. The molecule has 0 spiro atoms. The molecule has 1 aromatic heterocycles. The number of aryl methyl sites for hydroxylation is 1. The summed E-state index contributed by atoms with van der Waals surface area (Å²) in [5.41, 5.74) is 2.17. The molecule has 0 unspecified atom stereocenters. The molecule has 0 aliphatic heterocycles. The van der Waals surface area contributed by atoms with Crippen LogP contribution >= 0.6 is 11.8 Å². The zero-order valence-corrected chi connectivity index (χ0v) is 15.2. The molecule has 0 saturated carbocycles. The second-order valence-electron chi connectivity index (χ2n) is 5.42. The summed E-state index contributed by atoms with van der Waals surface area (Å²) in [4.78, 5) is 28.6. The Bertz CT molecular complexity index is 749. The van der Waals surface area contributed by atoms with Gasteiger partial charge in [-0.25, -0.2) is 4.79 Å². The van der Waals surface area contributed by atoms with E-state index in [0.29, 0.717) is 22.5 Å². The number of carbonyl (C=O) groups is 2. The van der Waals surface area contributed by atoms with Crippen molar-refractivity contribution in [1.29, 1.82) is 0 Å². The first kappa shape index (κ1) is 18.1. The van der Waals surface area contributed by atoms with Gasteiger partial charge in [0.1, 0.15) is 5.75 Å². The van der Waals surface area contributed by atoms with Crippen molar-refractivity contribution in [2.45, 2.75) is 30.9 Å². The molecule has 0 radical (unpaired) electrons. The largest absolute Gasteiger partial charge is 0.497 e. The molecular formula is C18H21NO4S. The predicted octanol–water partition coefficient (Wildman–Crippen LogP) is 3.79. The monoisotopic (exact) mass is 347 g/mol. The Morgan fingerprint density at radius 3 is 2.29 bits per heavy atom. The summed E-state index contributed by atoms with van der Waals surface area (Å²) in [6.45, 7) is 5.37. The topological polar surface area (TPSA) is 68.4 Å². The smallest absolute Gasteiger partial charge is 0.339 e. The van der Waals surface area contributed by atoms with Crippen LogP contribution in [0.5, 0.6) is 5.75 Å². The van der Waals surface area contributed by atoms with E-state index >= 15 is 0 Å². The highest BCUT2D eigenvalue weighted by Crippen LogP contribution is 2.29. The molecule has 6 heteroatoms. The number of ether oxygens (including phenoxy) is 2. The Labute approximate surface area is 145 Å². The first-order valence-electron chi connectivity index (χ1n) is 7.51. The van der Waals surface area contributed by atoms with Crippen LogP contribution in [0.4, 0.5) is 0 Å². The van der Waals surface area contributed by atoms with Crippen LogP contribution in [-0.4, -0.2) is 36.2 Å². The maximum Gasteiger partial charge on any atom is 0.339 e. The van der Waals surface area contributed by atoms with E-state index in [1.54, 1.807) is 21.0 Å². The van der Waals surface area contributed by atoms with Crippen LogP contribution in [0.2, 0.25) is 0 Å². The lowest BCUT2D eigenvalue weighted by Crippen LogP contribution is -2.15. The van der Waals surface area contributed by atoms with E-state index in [1.165, 1.54) is 18.9 Å². The fourth-order valence-corrected chi connectivity index (χ4v) is 3.45. The van der Waals surface area contributed by atoms with Gasteiger partial charge in [0.15, 0.2) is 5.78 Å². The number of benzene rings is 1. The average Bonchev–Trinajstić information content (AvgIpc) is 2.88. The summed E-state index contributed by atoms with van der Waals surface area (Å²) >= 11 is 1.46. The molecule has 0 aliphatic carbocycles. The van der Waals surface area contributed by atoms with Gasteiger partial charge in [-0.15, -0.1) is 11.8 Å². The minimum absolute atomic E-state index is 0.0495. The van der Waals surface area contributed by atoms with Crippen molar-refractivity contribution in [1.82, 2.24) is 4.98 Å². The number of hydrogen-bond acceptors (Lipinski definition) is 5. The summed E-state index contributed by atoms with van der Waals surface area (Å²) in [6, 6.07) is 7.55. The van der Waals surface area contributed by atoms with Crippen LogP contribution in [-0.2, 0) is 4.74 Å². The van der Waals surface area contributed by atoms with Gasteiger partial charge in [0.2, 0.25) is 0 Å². The van der Waals surface area contributed by atoms with E-state index in [1.807, 2.05) is 31.2 Å². The third kappa shape index (κ3) is 3.64.